The zero-order chi connectivity index (χ0) is 22.9. The number of likely N-dealkylation sites (tertiary alicyclic amines) is 1. The van der Waals surface area contributed by atoms with Crippen LogP contribution in [0.1, 0.15) is 31.2 Å². The molecule has 3 atom stereocenters. The van der Waals surface area contributed by atoms with Gasteiger partial charge in [-0.05, 0) is 75.2 Å². The van der Waals surface area contributed by atoms with Gasteiger partial charge in [-0.2, -0.15) is 0 Å². The number of benzene rings is 2. The number of hydrogen-bond acceptors (Lipinski definition) is 4. The SMILES string of the molecule is COc1ccc([C@@]23CC[C@H](NC(=O)Nc4ccc(Br)cc4F)C[C@H]2N(C)CC3)cc1OC. The van der Waals surface area contributed by atoms with Gasteiger partial charge in [0.25, 0.3) is 0 Å². The first-order valence-corrected chi connectivity index (χ1v) is 11.6. The first kappa shape index (κ1) is 22.9. The highest BCUT2D eigenvalue weighted by molar-refractivity contribution is 9.10. The van der Waals surface area contributed by atoms with Crippen LogP contribution in [0.3, 0.4) is 0 Å². The molecule has 2 aromatic carbocycles. The zero-order valence-electron chi connectivity index (χ0n) is 18.6. The van der Waals surface area contributed by atoms with Crippen molar-refractivity contribution >= 4 is 27.6 Å². The van der Waals surface area contributed by atoms with Crippen molar-refractivity contribution in [3.8, 4) is 11.5 Å². The Labute approximate surface area is 196 Å². The second-order valence-corrected chi connectivity index (χ2v) is 9.58. The largest absolute Gasteiger partial charge is 0.493 e. The Hall–Kier alpha value is -2.32. The van der Waals surface area contributed by atoms with Gasteiger partial charge in [0.05, 0.1) is 19.9 Å². The van der Waals surface area contributed by atoms with Crippen LogP contribution < -0.4 is 20.1 Å². The summed E-state index contributed by atoms with van der Waals surface area (Å²) in [5, 5.41) is 5.69. The minimum Gasteiger partial charge on any atom is -0.493 e. The number of carbonyl (C=O) groups excluding carboxylic acids is 1. The van der Waals surface area contributed by atoms with Gasteiger partial charge in [-0.3, -0.25) is 0 Å². The van der Waals surface area contributed by atoms with Gasteiger partial charge in [-0.25, -0.2) is 9.18 Å². The van der Waals surface area contributed by atoms with Gasteiger partial charge >= 0.3 is 6.03 Å². The van der Waals surface area contributed by atoms with E-state index in [1.165, 1.54) is 11.6 Å². The monoisotopic (exact) mass is 505 g/mol. The van der Waals surface area contributed by atoms with E-state index in [0.717, 1.165) is 43.7 Å². The van der Waals surface area contributed by atoms with Crippen molar-refractivity contribution in [3.63, 3.8) is 0 Å². The fraction of sp³-hybridized carbons (Fsp3) is 0.458. The van der Waals surface area contributed by atoms with E-state index in [-0.39, 0.29) is 23.2 Å². The molecular formula is C24H29BrFN3O3. The van der Waals surface area contributed by atoms with Crippen LogP contribution in [0, 0.1) is 5.82 Å². The summed E-state index contributed by atoms with van der Waals surface area (Å²) in [6.07, 6.45) is 3.71. The fourth-order valence-corrected chi connectivity index (χ4v) is 5.66. The lowest BCUT2D eigenvalue weighted by molar-refractivity contribution is 0.156. The van der Waals surface area contributed by atoms with Crippen molar-refractivity contribution in [2.75, 3.05) is 33.1 Å². The van der Waals surface area contributed by atoms with Crippen molar-refractivity contribution in [1.82, 2.24) is 10.2 Å². The number of ether oxygens (including phenoxy) is 2. The molecule has 2 amide bonds. The minimum atomic E-state index is -0.471. The highest BCUT2D eigenvalue weighted by atomic mass is 79.9. The molecule has 2 N–H and O–H groups in total. The number of methoxy groups -OCH3 is 2. The molecule has 0 aromatic heterocycles. The molecule has 32 heavy (non-hydrogen) atoms. The summed E-state index contributed by atoms with van der Waals surface area (Å²) in [5.74, 6) is 0.993. The number of halogens is 2. The number of urea groups is 1. The molecule has 8 heteroatoms. The second kappa shape index (κ2) is 9.27. The Kier molecular flexibility index (Phi) is 6.62. The summed E-state index contributed by atoms with van der Waals surface area (Å²) in [6, 6.07) is 10.7. The molecule has 0 spiro atoms. The molecule has 1 saturated carbocycles. The molecule has 2 aromatic rings. The lowest BCUT2D eigenvalue weighted by Gasteiger charge is -2.45. The first-order valence-electron chi connectivity index (χ1n) is 10.8. The van der Waals surface area contributed by atoms with Crippen LogP contribution in [-0.4, -0.2) is 50.8 Å². The van der Waals surface area contributed by atoms with Gasteiger partial charge in [0, 0.05) is 22.0 Å². The normalized spacial score (nSPS) is 25.2. The number of amides is 2. The van der Waals surface area contributed by atoms with Gasteiger partial charge in [-0.1, -0.05) is 22.0 Å². The van der Waals surface area contributed by atoms with Crippen molar-refractivity contribution in [3.05, 3.63) is 52.3 Å². The number of likely N-dealkylation sites (N-methyl/N-ethyl adjacent to an activating group) is 1. The quantitative estimate of drug-likeness (QED) is 0.605. The van der Waals surface area contributed by atoms with E-state index in [2.05, 4.69) is 50.6 Å². The highest BCUT2D eigenvalue weighted by Gasteiger charge is 2.50. The van der Waals surface area contributed by atoms with E-state index in [0.29, 0.717) is 10.5 Å². The Bertz CT molecular complexity index is 1000. The average Bonchev–Trinajstić information content (AvgIpc) is 3.12. The molecule has 6 nitrogen and oxygen atoms in total. The Morgan fingerprint density at radius 1 is 1.16 bits per heavy atom. The lowest BCUT2D eigenvalue weighted by atomic mass is 9.65. The van der Waals surface area contributed by atoms with Crippen LogP contribution in [0.2, 0.25) is 0 Å². The Balaban J connectivity index is 1.48. The summed E-state index contributed by atoms with van der Waals surface area (Å²) >= 11 is 3.23. The Morgan fingerprint density at radius 3 is 2.66 bits per heavy atom. The molecule has 172 valence electrons. The number of fused-ring (bicyclic) bond motifs is 1. The molecule has 0 radical (unpaired) electrons. The molecule has 2 fully saturated rings. The van der Waals surface area contributed by atoms with E-state index in [4.69, 9.17) is 9.47 Å². The molecule has 2 aliphatic rings. The van der Waals surface area contributed by atoms with Crippen LogP contribution in [0.25, 0.3) is 0 Å². The van der Waals surface area contributed by atoms with Crippen molar-refractivity contribution in [1.29, 1.82) is 0 Å². The molecule has 1 heterocycles. The number of hydrogen-bond donors (Lipinski definition) is 2. The van der Waals surface area contributed by atoms with Gasteiger partial charge in [0.15, 0.2) is 11.5 Å². The van der Waals surface area contributed by atoms with E-state index in [1.807, 2.05) is 6.07 Å². The summed E-state index contributed by atoms with van der Waals surface area (Å²) in [6.45, 7) is 1.00. The molecule has 0 bridgehead atoms. The molecular weight excluding hydrogens is 477 g/mol. The van der Waals surface area contributed by atoms with Crippen LogP contribution in [0.4, 0.5) is 14.9 Å². The first-order chi connectivity index (χ1) is 15.4. The maximum atomic E-state index is 14.1. The van der Waals surface area contributed by atoms with E-state index < -0.39 is 5.82 Å². The second-order valence-electron chi connectivity index (χ2n) is 8.67. The molecule has 1 aliphatic heterocycles. The van der Waals surface area contributed by atoms with Crippen LogP contribution >= 0.6 is 15.9 Å². The number of anilines is 1. The highest BCUT2D eigenvalue weighted by Crippen LogP contribution is 2.49. The number of nitrogens with one attached hydrogen (secondary N) is 2. The Morgan fingerprint density at radius 2 is 1.94 bits per heavy atom. The van der Waals surface area contributed by atoms with E-state index in [9.17, 15) is 9.18 Å². The third-order valence-electron chi connectivity index (χ3n) is 7.00. The predicted octanol–water partition coefficient (Wildman–Crippen LogP) is 4.92. The summed E-state index contributed by atoms with van der Waals surface area (Å²) in [4.78, 5) is 14.9. The lowest BCUT2D eigenvalue weighted by Crippen LogP contribution is -2.52. The summed E-state index contributed by atoms with van der Waals surface area (Å²) in [7, 11) is 5.45. The van der Waals surface area contributed by atoms with Gasteiger partial charge in [0.1, 0.15) is 5.82 Å². The van der Waals surface area contributed by atoms with Gasteiger partial charge < -0.3 is 25.0 Å². The van der Waals surface area contributed by atoms with Crippen molar-refractivity contribution in [2.45, 2.75) is 43.2 Å². The average molecular weight is 506 g/mol. The third kappa shape index (κ3) is 4.30. The number of rotatable bonds is 5. The minimum absolute atomic E-state index is 0.0147. The molecule has 1 aliphatic carbocycles. The topological polar surface area (TPSA) is 62.8 Å². The zero-order valence-corrected chi connectivity index (χ0v) is 20.2. The van der Waals surface area contributed by atoms with Crippen LogP contribution in [0.15, 0.2) is 40.9 Å². The van der Waals surface area contributed by atoms with Crippen LogP contribution in [0.5, 0.6) is 11.5 Å². The maximum absolute atomic E-state index is 14.1. The van der Waals surface area contributed by atoms with Gasteiger partial charge in [-0.15, -0.1) is 0 Å². The number of nitrogens with zero attached hydrogens (tertiary/aromatic N) is 1. The van der Waals surface area contributed by atoms with Crippen molar-refractivity contribution in [2.24, 2.45) is 0 Å². The van der Waals surface area contributed by atoms with Crippen LogP contribution in [-0.2, 0) is 5.41 Å². The summed E-state index contributed by atoms with van der Waals surface area (Å²) in [5.41, 5.74) is 1.43. The molecule has 0 unspecified atom stereocenters. The van der Waals surface area contributed by atoms with E-state index >= 15 is 0 Å². The number of carbonyl (C=O) groups is 1. The van der Waals surface area contributed by atoms with Gasteiger partial charge in [0.2, 0.25) is 0 Å². The maximum Gasteiger partial charge on any atom is 0.319 e. The predicted molar refractivity (Wildman–Crippen MR) is 126 cm³/mol. The molecule has 4 rings (SSSR count). The smallest absolute Gasteiger partial charge is 0.319 e. The third-order valence-corrected chi connectivity index (χ3v) is 7.49. The van der Waals surface area contributed by atoms with Crippen molar-refractivity contribution < 1.29 is 18.7 Å². The fourth-order valence-electron chi connectivity index (χ4n) is 5.33. The van der Waals surface area contributed by atoms with E-state index in [1.54, 1.807) is 26.4 Å². The summed E-state index contributed by atoms with van der Waals surface area (Å²) < 4.78 is 25.7. The molecule has 1 saturated heterocycles. The standard InChI is InChI=1S/C24H29BrFN3O3/c1-29-11-10-24(15-4-7-20(31-2)21(12-15)32-3)9-8-17(14-22(24)29)27-23(30)28-19-6-5-16(25)13-18(19)26/h4-7,12-13,17,22H,8-11,14H2,1-3H3,(H2,27,28,30)/t17-,22+,24-/m0/s1.